The summed E-state index contributed by atoms with van der Waals surface area (Å²) in [4.78, 5) is 25.3. The number of primary amides is 1. The highest BCUT2D eigenvalue weighted by Crippen LogP contribution is 2.08. The summed E-state index contributed by atoms with van der Waals surface area (Å²) in [7, 11) is 0. The lowest BCUT2D eigenvalue weighted by atomic mass is 10.2. The molecule has 0 saturated heterocycles. The summed E-state index contributed by atoms with van der Waals surface area (Å²) in [6.45, 7) is 1.72. The van der Waals surface area contributed by atoms with Crippen LogP contribution in [-0.2, 0) is 4.79 Å². The van der Waals surface area contributed by atoms with E-state index in [1.165, 1.54) is 18.3 Å². The molecular weight excluding hydrogens is 210 g/mol. The molecule has 1 aromatic rings. The number of anilines is 1. The van der Waals surface area contributed by atoms with E-state index < -0.39 is 11.9 Å². The third kappa shape index (κ3) is 3.56. The van der Waals surface area contributed by atoms with E-state index in [1.54, 1.807) is 6.92 Å². The molecule has 6 nitrogen and oxygen atoms in total. The first-order valence-corrected chi connectivity index (χ1v) is 4.73. The Labute approximate surface area is 92.5 Å². The Morgan fingerprint density at radius 3 is 2.88 bits per heavy atom. The van der Waals surface area contributed by atoms with Crippen LogP contribution in [0.25, 0.3) is 0 Å². The van der Waals surface area contributed by atoms with Gasteiger partial charge in [0, 0.05) is 17.8 Å². The van der Waals surface area contributed by atoms with E-state index in [-0.39, 0.29) is 12.5 Å². The van der Waals surface area contributed by atoms with E-state index in [4.69, 9.17) is 10.8 Å². The Kier molecular flexibility index (Phi) is 3.82. The van der Waals surface area contributed by atoms with Crippen LogP contribution in [0.1, 0.15) is 23.7 Å². The van der Waals surface area contributed by atoms with Crippen LogP contribution in [-0.4, -0.2) is 28.0 Å². The van der Waals surface area contributed by atoms with Gasteiger partial charge >= 0.3 is 5.97 Å². The number of hydrogen-bond donors (Lipinski definition) is 3. The number of pyridine rings is 1. The first kappa shape index (κ1) is 12.0. The van der Waals surface area contributed by atoms with Gasteiger partial charge in [-0.1, -0.05) is 0 Å². The number of nitrogens with one attached hydrogen (secondary N) is 1. The highest BCUT2D eigenvalue weighted by atomic mass is 16.4. The van der Waals surface area contributed by atoms with Crippen LogP contribution in [0.5, 0.6) is 0 Å². The van der Waals surface area contributed by atoms with Gasteiger partial charge in [-0.05, 0) is 19.1 Å². The van der Waals surface area contributed by atoms with Crippen LogP contribution in [0.2, 0.25) is 0 Å². The molecule has 1 heterocycles. The quantitative estimate of drug-likeness (QED) is 0.672. The van der Waals surface area contributed by atoms with Gasteiger partial charge in [0.15, 0.2) is 0 Å². The maximum absolute atomic E-state index is 10.9. The van der Waals surface area contributed by atoms with Crippen molar-refractivity contribution >= 4 is 17.7 Å². The number of carboxylic acid groups (broad SMARTS) is 1. The molecule has 1 amide bonds. The van der Waals surface area contributed by atoms with Crippen molar-refractivity contribution in [2.75, 3.05) is 5.32 Å². The molecule has 6 heteroatoms. The Balaban J connectivity index is 2.70. The van der Waals surface area contributed by atoms with E-state index in [9.17, 15) is 9.59 Å². The molecular formula is C10H13N3O3. The van der Waals surface area contributed by atoms with Crippen molar-refractivity contribution in [3.8, 4) is 0 Å². The van der Waals surface area contributed by atoms with Gasteiger partial charge in [0.1, 0.15) is 5.82 Å². The van der Waals surface area contributed by atoms with E-state index in [0.29, 0.717) is 11.4 Å². The second-order valence-corrected chi connectivity index (χ2v) is 3.44. The van der Waals surface area contributed by atoms with E-state index in [1.807, 2.05) is 0 Å². The van der Waals surface area contributed by atoms with Crippen LogP contribution in [0.4, 0.5) is 5.82 Å². The van der Waals surface area contributed by atoms with Crippen LogP contribution < -0.4 is 11.1 Å². The minimum Gasteiger partial charge on any atom is -0.481 e. The number of aromatic nitrogens is 1. The fourth-order valence-corrected chi connectivity index (χ4v) is 1.23. The zero-order valence-electron chi connectivity index (χ0n) is 8.80. The van der Waals surface area contributed by atoms with Crippen LogP contribution >= 0.6 is 0 Å². The summed E-state index contributed by atoms with van der Waals surface area (Å²) in [5.41, 5.74) is 5.44. The highest BCUT2D eigenvalue weighted by molar-refractivity contribution is 5.93. The molecule has 0 spiro atoms. The Hall–Kier alpha value is -2.11. The molecule has 1 aromatic heterocycles. The standard InChI is InChI=1S/C10H13N3O3/c1-6(4-9(14)15)13-8-5-7(10(11)16)2-3-12-8/h2-3,5-6H,4H2,1H3,(H2,11,16)(H,12,13)(H,14,15). The second-order valence-electron chi connectivity index (χ2n) is 3.44. The van der Waals surface area contributed by atoms with Gasteiger partial charge in [0.25, 0.3) is 0 Å². The predicted octanol–water partition coefficient (Wildman–Crippen LogP) is 0.456. The Morgan fingerprint density at radius 1 is 1.62 bits per heavy atom. The number of hydrogen-bond acceptors (Lipinski definition) is 4. The SMILES string of the molecule is CC(CC(=O)O)Nc1cc(C(N)=O)ccn1. The van der Waals surface area contributed by atoms with Crippen molar-refractivity contribution in [1.82, 2.24) is 4.98 Å². The van der Waals surface area contributed by atoms with E-state index in [0.717, 1.165) is 0 Å². The summed E-state index contributed by atoms with van der Waals surface area (Å²) >= 11 is 0. The number of amides is 1. The lowest BCUT2D eigenvalue weighted by Gasteiger charge is -2.12. The van der Waals surface area contributed by atoms with E-state index in [2.05, 4.69) is 10.3 Å². The lowest BCUT2D eigenvalue weighted by molar-refractivity contribution is -0.137. The molecule has 0 fully saturated rings. The monoisotopic (exact) mass is 223 g/mol. The number of rotatable bonds is 5. The molecule has 16 heavy (non-hydrogen) atoms. The molecule has 1 atom stereocenters. The number of aliphatic carboxylic acids is 1. The predicted molar refractivity (Wildman–Crippen MR) is 58.1 cm³/mol. The minimum absolute atomic E-state index is 0.0253. The molecule has 0 aromatic carbocycles. The molecule has 1 rings (SSSR count). The van der Waals surface area contributed by atoms with E-state index >= 15 is 0 Å². The maximum atomic E-state index is 10.9. The fraction of sp³-hybridized carbons (Fsp3) is 0.300. The maximum Gasteiger partial charge on any atom is 0.305 e. The Morgan fingerprint density at radius 2 is 2.31 bits per heavy atom. The molecule has 4 N–H and O–H groups in total. The molecule has 0 aliphatic carbocycles. The molecule has 0 saturated carbocycles. The number of carbonyl (C=O) groups excluding carboxylic acids is 1. The topological polar surface area (TPSA) is 105 Å². The lowest BCUT2D eigenvalue weighted by Crippen LogP contribution is -2.20. The number of carbonyl (C=O) groups is 2. The van der Waals surface area contributed by atoms with Gasteiger partial charge < -0.3 is 16.2 Å². The first-order valence-electron chi connectivity index (χ1n) is 4.73. The molecule has 86 valence electrons. The minimum atomic E-state index is -0.897. The average Bonchev–Trinajstić information content (AvgIpc) is 2.16. The summed E-state index contributed by atoms with van der Waals surface area (Å²) < 4.78 is 0. The number of carboxylic acids is 1. The zero-order valence-corrected chi connectivity index (χ0v) is 8.80. The number of nitrogens with two attached hydrogens (primary N) is 1. The van der Waals surface area contributed by atoms with Crippen molar-refractivity contribution in [2.24, 2.45) is 5.73 Å². The summed E-state index contributed by atoms with van der Waals surface area (Å²) in [5, 5.41) is 11.4. The molecule has 1 unspecified atom stereocenters. The normalized spacial score (nSPS) is 11.8. The molecule has 0 aliphatic rings. The molecule has 0 aliphatic heterocycles. The summed E-state index contributed by atoms with van der Waals surface area (Å²) in [5.74, 6) is -1.01. The van der Waals surface area contributed by atoms with Crippen LogP contribution in [0.3, 0.4) is 0 Å². The van der Waals surface area contributed by atoms with Gasteiger partial charge in [-0.3, -0.25) is 9.59 Å². The van der Waals surface area contributed by atoms with Crippen LogP contribution in [0, 0.1) is 0 Å². The fourth-order valence-electron chi connectivity index (χ4n) is 1.23. The molecule has 0 bridgehead atoms. The van der Waals surface area contributed by atoms with Gasteiger partial charge in [-0.15, -0.1) is 0 Å². The van der Waals surface area contributed by atoms with Gasteiger partial charge in [0.05, 0.1) is 6.42 Å². The van der Waals surface area contributed by atoms with Gasteiger partial charge in [-0.2, -0.15) is 0 Å². The van der Waals surface area contributed by atoms with Crippen molar-refractivity contribution in [2.45, 2.75) is 19.4 Å². The number of nitrogens with zero attached hydrogens (tertiary/aromatic N) is 1. The summed E-state index contributed by atoms with van der Waals surface area (Å²) in [6.07, 6.45) is 1.42. The van der Waals surface area contributed by atoms with Crippen molar-refractivity contribution in [3.05, 3.63) is 23.9 Å². The smallest absolute Gasteiger partial charge is 0.305 e. The van der Waals surface area contributed by atoms with Crippen molar-refractivity contribution in [3.63, 3.8) is 0 Å². The van der Waals surface area contributed by atoms with Gasteiger partial charge in [-0.25, -0.2) is 4.98 Å². The van der Waals surface area contributed by atoms with Crippen molar-refractivity contribution < 1.29 is 14.7 Å². The van der Waals surface area contributed by atoms with Gasteiger partial charge in [0.2, 0.25) is 5.91 Å². The van der Waals surface area contributed by atoms with Crippen LogP contribution in [0.15, 0.2) is 18.3 Å². The van der Waals surface area contributed by atoms with Crippen molar-refractivity contribution in [1.29, 1.82) is 0 Å². The molecule has 0 radical (unpaired) electrons. The zero-order chi connectivity index (χ0) is 12.1. The average molecular weight is 223 g/mol. The highest BCUT2D eigenvalue weighted by Gasteiger charge is 2.09. The first-order chi connectivity index (χ1) is 7.49. The third-order valence-electron chi connectivity index (χ3n) is 1.92. The largest absolute Gasteiger partial charge is 0.481 e. The summed E-state index contributed by atoms with van der Waals surface area (Å²) in [6, 6.07) is 2.71. The third-order valence-corrected chi connectivity index (χ3v) is 1.92. The second kappa shape index (κ2) is 5.11. The Bertz CT molecular complexity index is 406.